The highest BCUT2D eigenvalue weighted by Gasteiger charge is 2.27. The van der Waals surface area contributed by atoms with Gasteiger partial charge in [-0.05, 0) is 44.0 Å². The van der Waals surface area contributed by atoms with Crippen LogP contribution in [0.2, 0.25) is 0 Å². The maximum atomic E-state index is 12.3. The van der Waals surface area contributed by atoms with Crippen molar-refractivity contribution >= 4 is 39.5 Å². The number of aryl methyl sites for hydroxylation is 1. The Morgan fingerprint density at radius 3 is 2.50 bits per heavy atom. The van der Waals surface area contributed by atoms with Gasteiger partial charge in [-0.3, -0.25) is 14.4 Å². The van der Waals surface area contributed by atoms with E-state index < -0.39 is 0 Å². The first-order valence-corrected chi connectivity index (χ1v) is 9.77. The van der Waals surface area contributed by atoms with E-state index in [-0.39, 0.29) is 30.2 Å². The van der Waals surface area contributed by atoms with Crippen LogP contribution in [0.4, 0.5) is 5.82 Å². The molecule has 0 aliphatic carbocycles. The van der Waals surface area contributed by atoms with Crippen molar-refractivity contribution in [1.82, 2.24) is 15.4 Å². The van der Waals surface area contributed by atoms with E-state index in [1.807, 2.05) is 0 Å². The van der Waals surface area contributed by atoms with Gasteiger partial charge in [0.15, 0.2) is 5.82 Å². The highest BCUT2D eigenvalue weighted by Crippen LogP contribution is 2.19. The van der Waals surface area contributed by atoms with Crippen molar-refractivity contribution in [3.05, 3.63) is 46.1 Å². The minimum Gasteiger partial charge on any atom is -0.360 e. The Labute approximate surface area is 170 Å². The van der Waals surface area contributed by atoms with Crippen LogP contribution in [0, 0.1) is 12.8 Å². The third kappa shape index (κ3) is 5.19. The molecule has 2 aromatic rings. The molecule has 0 atom stereocenters. The summed E-state index contributed by atoms with van der Waals surface area (Å²) in [6, 6.07) is 8.57. The summed E-state index contributed by atoms with van der Waals surface area (Å²) in [5.74, 6) is 0.273. The zero-order chi connectivity index (χ0) is 20.1. The van der Waals surface area contributed by atoms with Gasteiger partial charge >= 0.3 is 0 Å². The molecule has 1 aromatic carbocycles. The second-order valence-corrected chi connectivity index (χ2v) is 7.57. The molecule has 0 bridgehead atoms. The Morgan fingerprint density at radius 1 is 1.21 bits per heavy atom. The number of hydrogen-bond donors (Lipinski definition) is 2. The van der Waals surface area contributed by atoms with Gasteiger partial charge in [-0.1, -0.05) is 21.1 Å². The number of nitrogens with zero attached hydrogens (tertiary/aromatic N) is 2. The molecule has 1 aliphatic rings. The number of piperidine rings is 1. The van der Waals surface area contributed by atoms with Crippen LogP contribution in [-0.4, -0.2) is 47.4 Å². The number of nitrogens with one attached hydrogen (secondary N) is 2. The lowest BCUT2D eigenvalue weighted by atomic mass is 9.96. The third-order valence-electron chi connectivity index (χ3n) is 4.60. The zero-order valence-corrected chi connectivity index (χ0v) is 17.0. The van der Waals surface area contributed by atoms with E-state index in [1.54, 1.807) is 42.2 Å². The van der Waals surface area contributed by atoms with Crippen LogP contribution in [-0.2, 0) is 9.59 Å². The first-order chi connectivity index (χ1) is 13.4. The third-order valence-corrected chi connectivity index (χ3v) is 5.13. The van der Waals surface area contributed by atoms with E-state index in [9.17, 15) is 14.4 Å². The fourth-order valence-corrected chi connectivity index (χ4v) is 3.28. The van der Waals surface area contributed by atoms with Crippen LogP contribution >= 0.6 is 15.9 Å². The molecular formula is C19H21BrN4O4. The molecule has 3 rings (SSSR count). The minimum atomic E-state index is -0.294. The average molecular weight is 449 g/mol. The molecule has 2 heterocycles. The summed E-state index contributed by atoms with van der Waals surface area (Å²) in [7, 11) is 0. The molecule has 0 spiro atoms. The van der Waals surface area contributed by atoms with Gasteiger partial charge in [0, 0.05) is 35.1 Å². The Bertz CT molecular complexity index is 857. The molecule has 148 valence electrons. The second-order valence-electron chi connectivity index (χ2n) is 6.66. The molecule has 0 unspecified atom stereocenters. The molecule has 2 N–H and O–H groups in total. The number of anilines is 1. The van der Waals surface area contributed by atoms with Crippen LogP contribution in [0.25, 0.3) is 0 Å². The normalized spacial score (nSPS) is 14.6. The second kappa shape index (κ2) is 9.01. The molecule has 8 nitrogen and oxygen atoms in total. The number of amides is 3. The first kappa shape index (κ1) is 20.1. The van der Waals surface area contributed by atoms with Crippen molar-refractivity contribution in [1.29, 1.82) is 0 Å². The van der Waals surface area contributed by atoms with E-state index in [4.69, 9.17) is 4.52 Å². The van der Waals surface area contributed by atoms with Gasteiger partial charge in [0.25, 0.3) is 5.91 Å². The monoisotopic (exact) mass is 448 g/mol. The Kier molecular flexibility index (Phi) is 6.45. The standard InChI is InChI=1S/C19H21BrN4O4/c1-12-10-16(23-28-12)22-19(27)14-6-8-24(9-7-14)17(25)11-21-18(26)13-2-4-15(20)5-3-13/h2-5,10,14H,6-9,11H2,1H3,(H,21,26)(H,22,23,27). The highest BCUT2D eigenvalue weighted by atomic mass is 79.9. The summed E-state index contributed by atoms with van der Waals surface area (Å²) in [6.45, 7) is 2.64. The summed E-state index contributed by atoms with van der Waals surface area (Å²) in [5, 5.41) is 9.12. The van der Waals surface area contributed by atoms with Crippen molar-refractivity contribution in [3.63, 3.8) is 0 Å². The number of carbonyl (C=O) groups excluding carboxylic acids is 3. The van der Waals surface area contributed by atoms with Gasteiger partial charge in [-0.25, -0.2) is 0 Å². The topological polar surface area (TPSA) is 105 Å². The van der Waals surface area contributed by atoms with Gasteiger partial charge in [0.05, 0.1) is 6.54 Å². The summed E-state index contributed by atoms with van der Waals surface area (Å²) >= 11 is 3.31. The molecule has 28 heavy (non-hydrogen) atoms. The fraction of sp³-hybridized carbons (Fsp3) is 0.368. The first-order valence-electron chi connectivity index (χ1n) is 8.98. The van der Waals surface area contributed by atoms with E-state index in [0.717, 1.165) is 4.47 Å². The maximum absolute atomic E-state index is 12.3. The zero-order valence-electron chi connectivity index (χ0n) is 15.4. The van der Waals surface area contributed by atoms with Gasteiger partial charge in [0.2, 0.25) is 11.8 Å². The van der Waals surface area contributed by atoms with E-state index in [2.05, 4.69) is 31.7 Å². The predicted octanol–water partition coefficient (Wildman–Crippen LogP) is 2.35. The van der Waals surface area contributed by atoms with Crippen molar-refractivity contribution in [3.8, 4) is 0 Å². The Balaban J connectivity index is 1.42. The average Bonchev–Trinajstić information content (AvgIpc) is 3.11. The molecule has 9 heteroatoms. The number of carbonyl (C=O) groups is 3. The molecule has 0 saturated carbocycles. The number of halogens is 1. The lowest BCUT2D eigenvalue weighted by molar-refractivity contribution is -0.133. The summed E-state index contributed by atoms with van der Waals surface area (Å²) in [5.41, 5.74) is 0.495. The van der Waals surface area contributed by atoms with Gasteiger partial charge in [-0.2, -0.15) is 0 Å². The number of likely N-dealkylation sites (tertiary alicyclic amines) is 1. The van der Waals surface area contributed by atoms with Gasteiger partial charge in [0.1, 0.15) is 5.76 Å². The molecule has 1 saturated heterocycles. The van der Waals surface area contributed by atoms with Crippen LogP contribution in [0.15, 0.2) is 39.3 Å². The van der Waals surface area contributed by atoms with Gasteiger partial charge in [-0.15, -0.1) is 0 Å². The molecule has 0 radical (unpaired) electrons. The summed E-state index contributed by atoms with van der Waals surface area (Å²) in [6.07, 6.45) is 1.13. The lowest BCUT2D eigenvalue weighted by Crippen LogP contribution is -2.45. The van der Waals surface area contributed by atoms with Crippen molar-refractivity contribution < 1.29 is 18.9 Å². The molecular weight excluding hydrogens is 428 g/mol. The van der Waals surface area contributed by atoms with Crippen molar-refractivity contribution in [2.24, 2.45) is 5.92 Å². The summed E-state index contributed by atoms with van der Waals surface area (Å²) < 4.78 is 5.81. The van der Waals surface area contributed by atoms with Crippen molar-refractivity contribution in [2.75, 3.05) is 25.0 Å². The minimum absolute atomic E-state index is 0.0655. The number of hydrogen-bond acceptors (Lipinski definition) is 5. The maximum Gasteiger partial charge on any atom is 0.251 e. The smallest absolute Gasteiger partial charge is 0.251 e. The van der Waals surface area contributed by atoms with E-state index in [1.165, 1.54) is 0 Å². The quantitative estimate of drug-likeness (QED) is 0.730. The van der Waals surface area contributed by atoms with Crippen LogP contribution in [0.5, 0.6) is 0 Å². The number of rotatable bonds is 5. The van der Waals surface area contributed by atoms with E-state index in [0.29, 0.717) is 43.1 Å². The molecule has 3 amide bonds. The molecule has 1 fully saturated rings. The highest BCUT2D eigenvalue weighted by molar-refractivity contribution is 9.10. The Hall–Kier alpha value is -2.68. The van der Waals surface area contributed by atoms with Crippen molar-refractivity contribution in [2.45, 2.75) is 19.8 Å². The van der Waals surface area contributed by atoms with E-state index >= 15 is 0 Å². The van der Waals surface area contributed by atoms with Crippen LogP contribution in [0.1, 0.15) is 29.0 Å². The van der Waals surface area contributed by atoms with Gasteiger partial charge < -0.3 is 20.1 Å². The summed E-state index contributed by atoms with van der Waals surface area (Å²) in [4.78, 5) is 38.4. The number of aromatic nitrogens is 1. The largest absolute Gasteiger partial charge is 0.360 e. The Morgan fingerprint density at radius 2 is 1.89 bits per heavy atom. The van der Waals surface area contributed by atoms with Crippen LogP contribution < -0.4 is 10.6 Å². The molecule has 1 aromatic heterocycles. The predicted molar refractivity (Wildman–Crippen MR) is 106 cm³/mol. The lowest BCUT2D eigenvalue weighted by Gasteiger charge is -2.31. The molecule has 1 aliphatic heterocycles. The fourth-order valence-electron chi connectivity index (χ4n) is 3.02. The number of benzene rings is 1. The SMILES string of the molecule is Cc1cc(NC(=O)C2CCN(C(=O)CNC(=O)c3ccc(Br)cc3)CC2)no1. The van der Waals surface area contributed by atoms with Crippen LogP contribution in [0.3, 0.4) is 0 Å².